The molecule has 0 aliphatic heterocycles. The highest BCUT2D eigenvalue weighted by Crippen LogP contribution is 2.36. The summed E-state index contributed by atoms with van der Waals surface area (Å²) >= 11 is 9.39. The largest absolute Gasteiger partial charge is 0.324 e. The molecular weight excluding hydrogens is 237 g/mol. The number of hydrogen-bond acceptors (Lipinski definition) is 1. The van der Waals surface area contributed by atoms with Crippen LogP contribution in [0.2, 0.25) is 5.02 Å². The summed E-state index contributed by atoms with van der Waals surface area (Å²) in [5, 5.41) is 0.762. The van der Waals surface area contributed by atoms with Crippen LogP contribution >= 0.6 is 27.5 Å². The van der Waals surface area contributed by atoms with E-state index in [0.717, 1.165) is 22.3 Å². The minimum absolute atomic E-state index is 0.176. The summed E-state index contributed by atoms with van der Waals surface area (Å²) in [5.41, 5.74) is 8.43. The molecule has 1 aromatic rings. The molecule has 0 radical (unpaired) electrons. The molecule has 0 fully saturated rings. The third-order valence-electron chi connectivity index (χ3n) is 2.30. The first-order chi connectivity index (χ1) is 5.68. The summed E-state index contributed by atoms with van der Waals surface area (Å²) in [6.07, 6.45) is 2.10. The predicted molar refractivity (Wildman–Crippen MR) is 54.4 cm³/mol. The van der Waals surface area contributed by atoms with Crippen molar-refractivity contribution in [2.75, 3.05) is 0 Å². The van der Waals surface area contributed by atoms with Crippen molar-refractivity contribution >= 4 is 27.5 Å². The highest BCUT2D eigenvalue weighted by Gasteiger charge is 2.21. The van der Waals surface area contributed by atoms with E-state index in [1.54, 1.807) is 0 Å². The van der Waals surface area contributed by atoms with Gasteiger partial charge in [-0.05, 0) is 36.1 Å². The van der Waals surface area contributed by atoms with Gasteiger partial charge in [0.15, 0.2) is 0 Å². The first kappa shape index (κ1) is 8.54. The highest BCUT2D eigenvalue weighted by molar-refractivity contribution is 9.10. The molecule has 0 bridgehead atoms. The Morgan fingerprint density at radius 1 is 1.50 bits per heavy atom. The molecule has 12 heavy (non-hydrogen) atoms. The Bertz CT molecular complexity index is 325. The normalized spacial score (nSPS) is 21.1. The summed E-state index contributed by atoms with van der Waals surface area (Å²) in [4.78, 5) is 0. The van der Waals surface area contributed by atoms with Gasteiger partial charge in [-0.25, -0.2) is 0 Å². The van der Waals surface area contributed by atoms with Gasteiger partial charge in [0.05, 0.1) is 0 Å². The third kappa shape index (κ3) is 1.28. The van der Waals surface area contributed by atoms with Crippen molar-refractivity contribution in [3.8, 4) is 0 Å². The van der Waals surface area contributed by atoms with E-state index in [2.05, 4.69) is 15.9 Å². The molecule has 1 unspecified atom stereocenters. The van der Waals surface area contributed by atoms with Crippen LogP contribution < -0.4 is 5.73 Å². The number of fused-ring (bicyclic) bond motifs is 1. The van der Waals surface area contributed by atoms with Crippen LogP contribution in [-0.4, -0.2) is 0 Å². The molecule has 2 N–H and O–H groups in total. The SMILES string of the molecule is NC1CCc2c(Br)cc(Cl)cc21. The zero-order valence-electron chi connectivity index (χ0n) is 6.48. The van der Waals surface area contributed by atoms with Crippen molar-refractivity contribution in [3.63, 3.8) is 0 Å². The lowest BCUT2D eigenvalue weighted by atomic mass is 10.1. The molecule has 1 atom stereocenters. The molecule has 1 aromatic carbocycles. The van der Waals surface area contributed by atoms with E-state index in [9.17, 15) is 0 Å². The van der Waals surface area contributed by atoms with Gasteiger partial charge in [-0.2, -0.15) is 0 Å². The molecule has 2 rings (SSSR count). The van der Waals surface area contributed by atoms with E-state index in [1.165, 1.54) is 11.1 Å². The maximum absolute atomic E-state index is 5.91. The highest BCUT2D eigenvalue weighted by atomic mass is 79.9. The Kier molecular flexibility index (Phi) is 2.15. The van der Waals surface area contributed by atoms with Gasteiger partial charge < -0.3 is 5.73 Å². The Labute approximate surface area is 85.0 Å². The minimum atomic E-state index is 0.176. The van der Waals surface area contributed by atoms with E-state index in [1.807, 2.05) is 12.1 Å². The molecule has 1 aliphatic rings. The molecule has 0 saturated carbocycles. The number of nitrogens with two attached hydrogens (primary N) is 1. The smallest absolute Gasteiger partial charge is 0.0420 e. The number of hydrogen-bond donors (Lipinski definition) is 1. The number of halogens is 2. The molecule has 0 heterocycles. The van der Waals surface area contributed by atoms with Gasteiger partial charge in [-0.1, -0.05) is 27.5 Å². The zero-order chi connectivity index (χ0) is 8.72. The summed E-state index contributed by atoms with van der Waals surface area (Å²) in [6.45, 7) is 0. The first-order valence-electron chi connectivity index (χ1n) is 3.92. The van der Waals surface area contributed by atoms with Crippen LogP contribution in [-0.2, 0) is 6.42 Å². The third-order valence-corrected chi connectivity index (χ3v) is 3.23. The first-order valence-corrected chi connectivity index (χ1v) is 5.09. The Morgan fingerprint density at radius 3 is 3.00 bits per heavy atom. The van der Waals surface area contributed by atoms with Crippen molar-refractivity contribution in [2.45, 2.75) is 18.9 Å². The second-order valence-corrected chi connectivity index (χ2v) is 4.39. The van der Waals surface area contributed by atoms with Gasteiger partial charge >= 0.3 is 0 Å². The monoisotopic (exact) mass is 245 g/mol. The average molecular weight is 247 g/mol. The summed E-state index contributed by atoms with van der Waals surface area (Å²) < 4.78 is 1.10. The molecule has 0 spiro atoms. The van der Waals surface area contributed by atoms with Crippen molar-refractivity contribution in [1.29, 1.82) is 0 Å². The molecule has 64 valence electrons. The van der Waals surface area contributed by atoms with Crippen molar-refractivity contribution in [3.05, 3.63) is 32.8 Å². The van der Waals surface area contributed by atoms with Gasteiger partial charge in [0.2, 0.25) is 0 Å². The maximum Gasteiger partial charge on any atom is 0.0420 e. The van der Waals surface area contributed by atoms with E-state index < -0.39 is 0 Å². The van der Waals surface area contributed by atoms with E-state index >= 15 is 0 Å². The fourth-order valence-corrected chi connectivity index (χ4v) is 2.71. The number of benzene rings is 1. The lowest BCUT2D eigenvalue weighted by Crippen LogP contribution is -2.04. The van der Waals surface area contributed by atoms with Crippen molar-refractivity contribution in [2.24, 2.45) is 5.73 Å². The molecule has 1 nitrogen and oxygen atoms in total. The van der Waals surface area contributed by atoms with Gasteiger partial charge in [-0.15, -0.1) is 0 Å². The van der Waals surface area contributed by atoms with Gasteiger partial charge in [0.25, 0.3) is 0 Å². The fraction of sp³-hybridized carbons (Fsp3) is 0.333. The van der Waals surface area contributed by atoms with Crippen LogP contribution in [0.15, 0.2) is 16.6 Å². The molecule has 1 aliphatic carbocycles. The second kappa shape index (κ2) is 3.02. The van der Waals surface area contributed by atoms with Gasteiger partial charge in [0, 0.05) is 15.5 Å². The fourth-order valence-electron chi connectivity index (χ4n) is 1.67. The van der Waals surface area contributed by atoms with Gasteiger partial charge in [-0.3, -0.25) is 0 Å². The topological polar surface area (TPSA) is 26.0 Å². The van der Waals surface area contributed by atoms with Gasteiger partial charge in [0.1, 0.15) is 0 Å². The van der Waals surface area contributed by atoms with Crippen molar-refractivity contribution in [1.82, 2.24) is 0 Å². The average Bonchev–Trinajstić information content (AvgIpc) is 2.33. The van der Waals surface area contributed by atoms with Crippen LogP contribution in [0.5, 0.6) is 0 Å². The molecule has 3 heteroatoms. The second-order valence-electron chi connectivity index (χ2n) is 3.10. The lowest BCUT2D eigenvalue weighted by molar-refractivity contribution is 0.713. The van der Waals surface area contributed by atoms with Crippen molar-refractivity contribution < 1.29 is 0 Å². The summed E-state index contributed by atoms with van der Waals surface area (Å²) in [6, 6.07) is 4.08. The Hall–Kier alpha value is -0.0500. The Balaban J connectivity index is 2.60. The van der Waals surface area contributed by atoms with Crippen LogP contribution in [0.1, 0.15) is 23.6 Å². The van der Waals surface area contributed by atoms with Crippen LogP contribution in [0.4, 0.5) is 0 Å². The Morgan fingerprint density at radius 2 is 2.25 bits per heavy atom. The maximum atomic E-state index is 5.91. The van der Waals surface area contributed by atoms with Crippen LogP contribution in [0.25, 0.3) is 0 Å². The molecular formula is C9H9BrClN. The van der Waals surface area contributed by atoms with Crippen LogP contribution in [0, 0.1) is 0 Å². The molecule has 0 aromatic heterocycles. The standard InChI is InChI=1S/C9H9BrClN/c10-8-4-5(11)3-7-6(8)1-2-9(7)12/h3-4,9H,1-2,12H2. The lowest BCUT2D eigenvalue weighted by Gasteiger charge is -2.06. The minimum Gasteiger partial charge on any atom is -0.324 e. The summed E-state index contributed by atoms with van der Waals surface area (Å²) in [7, 11) is 0. The number of rotatable bonds is 0. The van der Waals surface area contributed by atoms with E-state index in [4.69, 9.17) is 17.3 Å². The van der Waals surface area contributed by atoms with E-state index in [0.29, 0.717) is 0 Å². The van der Waals surface area contributed by atoms with E-state index in [-0.39, 0.29) is 6.04 Å². The molecule has 0 saturated heterocycles. The summed E-state index contributed by atoms with van der Waals surface area (Å²) in [5.74, 6) is 0. The zero-order valence-corrected chi connectivity index (χ0v) is 8.82. The van der Waals surface area contributed by atoms with Crippen LogP contribution in [0.3, 0.4) is 0 Å². The quantitative estimate of drug-likeness (QED) is 0.748. The molecule has 0 amide bonds. The predicted octanol–water partition coefficient (Wildman–Crippen LogP) is 3.05.